The highest BCUT2D eigenvalue weighted by atomic mass is 16.2. The number of hydrogen-bond acceptors (Lipinski definition) is 4. The van der Waals surface area contributed by atoms with Crippen LogP contribution in [-0.2, 0) is 4.79 Å². The van der Waals surface area contributed by atoms with Gasteiger partial charge in [-0.15, -0.1) is 0 Å². The molecule has 0 bridgehead atoms. The molecule has 0 saturated carbocycles. The van der Waals surface area contributed by atoms with Crippen LogP contribution in [0.5, 0.6) is 0 Å². The van der Waals surface area contributed by atoms with Crippen LogP contribution < -0.4 is 5.32 Å². The molecule has 1 aliphatic heterocycles. The Kier molecular flexibility index (Phi) is 3.24. The van der Waals surface area contributed by atoms with E-state index in [9.17, 15) is 4.79 Å². The smallest absolute Gasteiger partial charge is 0.222 e. The molecule has 1 saturated heterocycles. The summed E-state index contributed by atoms with van der Waals surface area (Å²) in [6, 6.07) is 5.73. The van der Waals surface area contributed by atoms with E-state index in [1.54, 1.807) is 30.3 Å². The summed E-state index contributed by atoms with van der Waals surface area (Å²) in [6.07, 6.45) is 2.98. The van der Waals surface area contributed by atoms with Gasteiger partial charge in [0.25, 0.3) is 0 Å². The van der Waals surface area contributed by atoms with Gasteiger partial charge in [-0.05, 0) is 18.6 Å². The molecule has 5 heteroatoms. The quantitative estimate of drug-likeness (QED) is 0.822. The largest absolute Gasteiger partial charge is 0.364 e. The lowest BCUT2D eigenvalue weighted by atomic mass is 10.1. The molecule has 1 amide bonds. The third kappa shape index (κ3) is 2.53. The summed E-state index contributed by atoms with van der Waals surface area (Å²) in [6.45, 7) is 0.653. The van der Waals surface area contributed by atoms with Gasteiger partial charge in [-0.2, -0.15) is 5.26 Å². The van der Waals surface area contributed by atoms with Crippen LogP contribution in [-0.4, -0.2) is 35.4 Å². The summed E-state index contributed by atoms with van der Waals surface area (Å²) >= 11 is 0. The van der Waals surface area contributed by atoms with Gasteiger partial charge in [0.1, 0.15) is 11.9 Å². The zero-order valence-corrected chi connectivity index (χ0v) is 9.68. The molecule has 5 nitrogen and oxygen atoms in total. The Labute approximate surface area is 100 Å². The van der Waals surface area contributed by atoms with Crippen LogP contribution in [0.25, 0.3) is 0 Å². The van der Waals surface area contributed by atoms with Gasteiger partial charge in [-0.3, -0.25) is 4.79 Å². The minimum atomic E-state index is 0.166. The fraction of sp³-hybridized carbons (Fsp3) is 0.417. The maximum absolute atomic E-state index is 11.3. The van der Waals surface area contributed by atoms with Gasteiger partial charge < -0.3 is 10.2 Å². The van der Waals surface area contributed by atoms with E-state index >= 15 is 0 Å². The monoisotopic (exact) mass is 230 g/mol. The predicted molar refractivity (Wildman–Crippen MR) is 63.2 cm³/mol. The average Bonchev–Trinajstić information content (AvgIpc) is 2.34. The molecule has 0 aromatic carbocycles. The summed E-state index contributed by atoms with van der Waals surface area (Å²) in [5, 5.41) is 12.2. The molecule has 1 aromatic heterocycles. The van der Waals surface area contributed by atoms with Crippen molar-refractivity contribution >= 4 is 11.7 Å². The summed E-state index contributed by atoms with van der Waals surface area (Å²) in [5.41, 5.74) is 0.534. The van der Waals surface area contributed by atoms with E-state index in [-0.39, 0.29) is 11.9 Å². The van der Waals surface area contributed by atoms with Gasteiger partial charge >= 0.3 is 0 Å². The van der Waals surface area contributed by atoms with Crippen LogP contribution in [0.2, 0.25) is 0 Å². The van der Waals surface area contributed by atoms with Crippen molar-refractivity contribution in [2.45, 2.75) is 18.9 Å². The van der Waals surface area contributed by atoms with Gasteiger partial charge in [0.05, 0.1) is 5.56 Å². The number of nitrogens with zero attached hydrogens (tertiary/aromatic N) is 3. The highest BCUT2D eigenvalue weighted by Gasteiger charge is 2.23. The van der Waals surface area contributed by atoms with Crippen molar-refractivity contribution in [3.63, 3.8) is 0 Å². The molecule has 0 radical (unpaired) electrons. The molecule has 2 rings (SSSR count). The van der Waals surface area contributed by atoms with Crippen molar-refractivity contribution in [2.24, 2.45) is 0 Å². The highest BCUT2D eigenvalue weighted by molar-refractivity contribution is 5.77. The summed E-state index contributed by atoms with van der Waals surface area (Å²) in [5.74, 6) is 0.771. The number of carbonyl (C=O) groups is 1. The number of piperidine rings is 1. The van der Waals surface area contributed by atoms with Crippen molar-refractivity contribution in [3.05, 3.63) is 23.9 Å². The normalized spacial score (nSPS) is 19.9. The van der Waals surface area contributed by atoms with Crippen molar-refractivity contribution in [1.29, 1.82) is 5.26 Å². The number of nitriles is 1. The standard InChI is InChI=1S/C12H14N4O/c1-16-8-10(4-5-11(16)17)15-12-9(7-13)3-2-6-14-12/h2-3,6,10H,4-5,8H2,1H3,(H,14,15). The van der Waals surface area contributed by atoms with Crippen LogP contribution in [0.3, 0.4) is 0 Å². The lowest BCUT2D eigenvalue weighted by molar-refractivity contribution is -0.132. The molecule has 1 atom stereocenters. The summed E-state index contributed by atoms with van der Waals surface area (Å²) in [7, 11) is 1.79. The number of amides is 1. The molecule has 1 aromatic rings. The number of likely N-dealkylation sites (N-methyl/N-ethyl adjacent to an activating group) is 1. The number of rotatable bonds is 2. The zero-order chi connectivity index (χ0) is 12.3. The second-order valence-corrected chi connectivity index (χ2v) is 4.17. The number of carbonyl (C=O) groups excluding carboxylic acids is 1. The first-order valence-corrected chi connectivity index (χ1v) is 5.56. The predicted octanol–water partition coefficient (Wildman–Crippen LogP) is 0.986. The number of aromatic nitrogens is 1. The van der Waals surface area contributed by atoms with Gasteiger partial charge in [0.15, 0.2) is 0 Å². The van der Waals surface area contributed by atoms with E-state index in [0.29, 0.717) is 24.3 Å². The summed E-state index contributed by atoms with van der Waals surface area (Å²) < 4.78 is 0. The first kappa shape index (κ1) is 11.4. The van der Waals surface area contributed by atoms with Gasteiger partial charge in [-0.1, -0.05) is 0 Å². The summed E-state index contributed by atoms with van der Waals surface area (Å²) in [4.78, 5) is 17.2. The van der Waals surface area contributed by atoms with Crippen LogP contribution in [0, 0.1) is 11.3 Å². The van der Waals surface area contributed by atoms with Crippen molar-refractivity contribution in [1.82, 2.24) is 9.88 Å². The zero-order valence-electron chi connectivity index (χ0n) is 9.68. The van der Waals surface area contributed by atoms with Crippen molar-refractivity contribution in [3.8, 4) is 6.07 Å². The Morgan fingerprint density at radius 2 is 2.47 bits per heavy atom. The second-order valence-electron chi connectivity index (χ2n) is 4.17. The molecule has 1 N–H and O–H groups in total. The Hall–Kier alpha value is -2.09. The lowest BCUT2D eigenvalue weighted by Gasteiger charge is -2.30. The third-order valence-electron chi connectivity index (χ3n) is 2.90. The number of hydrogen-bond donors (Lipinski definition) is 1. The van der Waals surface area contributed by atoms with E-state index in [0.717, 1.165) is 6.42 Å². The molecule has 2 heterocycles. The topological polar surface area (TPSA) is 69.0 Å². The van der Waals surface area contributed by atoms with E-state index in [2.05, 4.69) is 16.4 Å². The molecule has 17 heavy (non-hydrogen) atoms. The fourth-order valence-corrected chi connectivity index (χ4v) is 1.93. The minimum absolute atomic E-state index is 0.166. The van der Waals surface area contributed by atoms with Crippen LogP contribution >= 0.6 is 0 Å². The molecule has 88 valence electrons. The van der Waals surface area contributed by atoms with Crippen molar-refractivity contribution in [2.75, 3.05) is 18.9 Å². The Morgan fingerprint density at radius 1 is 1.65 bits per heavy atom. The molecular weight excluding hydrogens is 216 g/mol. The Balaban J connectivity index is 2.07. The van der Waals surface area contributed by atoms with Gasteiger partial charge in [-0.25, -0.2) is 4.98 Å². The lowest BCUT2D eigenvalue weighted by Crippen LogP contribution is -2.43. The molecule has 1 aliphatic rings. The number of pyridine rings is 1. The molecule has 1 fully saturated rings. The van der Waals surface area contributed by atoms with E-state index < -0.39 is 0 Å². The van der Waals surface area contributed by atoms with Gasteiger partial charge in [0.2, 0.25) is 5.91 Å². The fourth-order valence-electron chi connectivity index (χ4n) is 1.93. The van der Waals surface area contributed by atoms with E-state index in [1.165, 1.54) is 0 Å². The molecule has 1 unspecified atom stereocenters. The number of likely N-dealkylation sites (tertiary alicyclic amines) is 1. The SMILES string of the molecule is CN1CC(Nc2ncccc2C#N)CCC1=O. The highest BCUT2D eigenvalue weighted by Crippen LogP contribution is 2.16. The first-order chi connectivity index (χ1) is 8.20. The average molecular weight is 230 g/mol. The van der Waals surface area contributed by atoms with Crippen molar-refractivity contribution < 1.29 is 4.79 Å². The van der Waals surface area contributed by atoms with E-state index in [1.807, 2.05) is 0 Å². The second kappa shape index (κ2) is 4.83. The molecule has 0 spiro atoms. The Morgan fingerprint density at radius 3 is 3.18 bits per heavy atom. The number of anilines is 1. The third-order valence-corrected chi connectivity index (χ3v) is 2.90. The number of nitrogens with one attached hydrogen (secondary N) is 1. The Bertz CT molecular complexity index is 466. The van der Waals surface area contributed by atoms with Crippen LogP contribution in [0.4, 0.5) is 5.82 Å². The van der Waals surface area contributed by atoms with Crippen LogP contribution in [0.1, 0.15) is 18.4 Å². The minimum Gasteiger partial charge on any atom is -0.364 e. The molecule has 0 aliphatic carbocycles. The molecular formula is C12H14N4O. The first-order valence-electron chi connectivity index (χ1n) is 5.56. The maximum atomic E-state index is 11.3. The van der Waals surface area contributed by atoms with Crippen LogP contribution in [0.15, 0.2) is 18.3 Å². The maximum Gasteiger partial charge on any atom is 0.222 e. The van der Waals surface area contributed by atoms with Gasteiger partial charge in [0, 0.05) is 32.3 Å². The van der Waals surface area contributed by atoms with E-state index in [4.69, 9.17) is 5.26 Å².